The van der Waals surface area contributed by atoms with E-state index in [4.69, 9.17) is 4.74 Å². The molecule has 0 radical (unpaired) electrons. The molecule has 0 saturated carbocycles. The minimum absolute atomic E-state index is 0.0367. The Hall–Kier alpha value is -1.73. The number of halogens is 4. The predicted octanol–water partition coefficient (Wildman–Crippen LogP) is 4.80. The molecular formula is C17H17BrF3NO2. The van der Waals surface area contributed by atoms with E-state index in [9.17, 15) is 13.2 Å². The Labute approximate surface area is 146 Å². The summed E-state index contributed by atoms with van der Waals surface area (Å²) < 4.78 is 48.0. The van der Waals surface area contributed by atoms with E-state index in [1.165, 1.54) is 13.2 Å². The molecule has 1 N–H and O–H groups in total. The zero-order valence-corrected chi connectivity index (χ0v) is 14.8. The number of benzene rings is 2. The Kier molecular flexibility index (Phi) is 6.51. The number of hydrogen-bond acceptors (Lipinski definition) is 3. The molecule has 2 aromatic carbocycles. The van der Waals surface area contributed by atoms with Gasteiger partial charge in [-0.3, -0.25) is 0 Å². The number of aryl methyl sites for hydroxylation is 1. The second-order valence-electron chi connectivity index (χ2n) is 5.17. The number of ether oxygens (including phenoxy) is 2. The van der Waals surface area contributed by atoms with Crippen molar-refractivity contribution in [3.8, 4) is 11.5 Å². The Balaban J connectivity index is 2.04. The van der Waals surface area contributed by atoms with Gasteiger partial charge in [-0.2, -0.15) is 8.78 Å². The van der Waals surface area contributed by atoms with Gasteiger partial charge < -0.3 is 14.8 Å². The third kappa shape index (κ3) is 4.88. The largest absolute Gasteiger partial charge is 0.493 e. The van der Waals surface area contributed by atoms with Gasteiger partial charge in [0.15, 0.2) is 11.5 Å². The lowest BCUT2D eigenvalue weighted by Gasteiger charge is -2.14. The molecule has 0 bridgehead atoms. The maximum atomic E-state index is 13.2. The van der Waals surface area contributed by atoms with E-state index in [1.54, 1.807) is 31.2 Å². The van der Waals surface area contributed by atoms with Crippen molar-refractivity contribution in [2.45, 2.75) is 26.6 Å². The highest BCUT2D eigenvalue weighted by Gasteiger charge is 2.15. The van der Waals surface area contributed by atoms with Gasteiger partial charge in [-0.25, -0.2) is 4.39 Å². The molecule has 3 nitrogen and oxygen atoms in total. The van der Waals surface area contributed by atoms with Gasteiger partial charge in [-0.05, 0) is 57.7 Å². The van der Waals surface area contributed by atoms with E-state index in [0.29, 0.717) is 23.1 Å². The number of methoxy groups -OCH3 is 1. The van der Waals surface area contributed by atoms with Crippen LogP contribution in [0.5, 0.6) is 11.5 Å². The average Bonchev–Trinajstić information content (AvgIpc) is 2.52. The molecule has 0 saturated heterocycles. The van der Waals surface area contributed by atoms with Crippen molar-refractivity contribution in [2.75, 3.05) is 7.11 Å². The van der Waals surface area contributed by atoms with Gasteiger partial charge in [0.25, 0.3) is 0 Å². The molecular weight excluding hydrogens is 387 g/mol. The molecule has 0 fully saturated rings. The summed E-state index contributed by atoms with van der Waals surface area (Å²) in [4.78, 5) is 0. The molecule has 2 aromatic rings. The van der Waals surface area contributed by atoms with E-state index in [2.05, 4.69) is 26.0 Å². The van der Waals surface area contributed by atoms with E-state index in [-0.39, 0.29) is 17.3 Å². The van der Waals surface area contributed by atoms with Crippen molar-refractivity contribution in [1.82, 2.24) is 5.32 Å². The van der Waals surface area contributed by atoms with Crippen LogP contribution in [-0.4, -0.2) is 13.7 Å². The fourth-order valence-corrected chi connectivity index (χ4v) is 2.83. The third-order valence-corrected chi connectivity index (χ3v) is 3.97. The maximum absolute atomic E-state index is 13.2. The van der Waals surface area contributed by atoms with Crippen LogP contribution < -0.4 is 14.8 Å². The van der Waals surface area contributed by atoms with Crippen molar-refractivity contribution in [2.24, 2.45) is 0 Å². The van der Waals surface area contributed by atoms with Crippen molar-refractivity contribution in [3.05, 3.63) is 57.3 Å². The van der Waals surface area contributed by atoms with Gasteiger partial charge in [0.1, 0.15) is 5.82 Å². The van der Waals surface area contributed by atoms with E-state index in [0.717, 1.165) is 11.1 Å². The molecule has 0 spiro atoms. The summed E-state index contributed by atoms with van der Waals surface area (Å²) >= 11 is 3.21. The molecule has 0 heterocycles. The zero-order valence-electron chi connectivity index (χ0n) is 13.2. The molecule has 0 aliphatic heterocycles. The lowest BCUT2D eigenvalue weighted by molar-refractivity contribution is -0.0517. The van der Waals surface area contributed by atoms with Crippen molar-refractivity contribution >= 4 is 15.9 Å². The van der Waals surface area contributed by atoms with Crippen LogP contribution in [0, 0.1) is 12.7 Å². The summed E-state index contributed by atoms with van der Waals surface area (Å²) in [5.41, 5.74) is 2.38. The molecule has 7 heteroatoms. The summed E-state index contributed by atoms with van der Waals surface area (Å²) in [6.45, 7) is -0.180. The SMILES string of the molecule is COc1cc(CNCc2ccc(F)c(C)c2)cc(Br)c1OC(F)F. The van der Waals surface area contributed by atoms with Gasteiger partial charge in [0.2, 0.25) is 0 Å². The summed E-state index contributed by atoms with van der Waals surface area (Å²) in [5.74, 6) is -0.0495. The summed E-state index contributed by atoms with van der Waals surface area (Å²) in [5, 5.41) is 3.22. The second-order valence-corrected chi connectivity index (χ2v) is 6.03. The second kappa shape index (κ2) is 8.39. The lowest BCUT2D eigenvalue weighted by Crippen LogP contribution is -2.13. The van der Waals surface area contributed by atoms with Crippen LogP contribution in [0.1, 0.15) is 16.7 Å². The normalized spacial score (nSPS) is 11.0. The molecule has 0 aliphatic carbocycles. The van der Waals surface area contributed by atoms with Crippen LogP contribution in [0.2, 0.25) is 0 Å². The number of hydrogen-bond donors (Lipinski definition) is 1. The van der Waals surface area contributed by atoms with E-state index >= 15 is 0 Å². The van der Waals surface area contributed by atoms with Gasteiger partial charge in [-0.15, -0.1) is 0 Å². The minimum atomic E-state index is -2.93. The summed E-state index contributed by atoms with van der Waals surface area (Å²) in [6, 6.07) is 8.24. The molecule has 0 aromatic heterocycles. The highest BCUT2D eigenvalue weighted by atomic mass is 79.9. The standard InChI is InChI=1S/C17H17BrF3NO2/c1-10-5-11(3-4-14(10)19)8-22-9-12-6-13(18)16(24-17(20)21)15(7-12)23-2/h3-7,17,22H,8-9H2,1-2H3. The van der Waals surface area contributed by atoms with Crippen LogP contribution in [0.3, 0.4) is 0 Å². The number of alkyl halides is 2. The van der Waals surface area contributed by atoms with Gasteiger partial charge in [-0.1, -0.05) is 12.1 Å². The van der Waals surface area contributed by atoms with Crippen LogP contribution >= 0.6 is 15.9 Å². The van der Waals surface area contributed by atoms with Crippen LogP contribution in [0.25, 0.3) is 0 Å². The Morgan fingerprint density at radius 1 is 1.12 bits per heavy atom. The van der Waals surface area contributed by atoms with Crippen molar-refractivity contribution in [3.63, 3.8) is 0 Å². The monoisotopic (exact) mass is 403 g/mol. The molecule has 24 heavy (non-hydrogen) atoms. The third-order valence-electron chi connectivity index (χ3n) is 3.38. The first-order valence-corrected chi connectivity index (χ1v) is 7.97. The average molecular weight is 404 g/mol. The van der Waals surface area contributed by atoms with Gasteiger partial charge in [0.05, 0.1) is 11.6 Å². The number of rotatable bonds is 7. The Morgan fingerprint density at radius 3 is 2.46 bits per heavy atom. The van der Waals surface area contributed by atoms with Crippen LogP contribution in [0.15, 0.2) is 34.8 Å². The molecule has 0 aliphatic rings. The van der Waals surface area contributed by atoms with Crippen LogP contribution in [-0.2, 0) is 13.1 Å². The topological polar surface area (TPSA) is 30.5 Å². The number of nitrogens with one attached hydrogen (secondary N) is 1. The first kappa shape index (κ1) is 18.6. The minimum Gasteiger partial charge on any atom is -0.493 e. The molecule has 130 valence electrons. The molecule has 0 amide bonds. The lowest BCUT2D eigenvalue weighted by atomic mass is 10.1. The molecule has 0 atom stereocenters. The fourth-order valence-electron chi connectivity index (χ4n) is 2.25. The smallest absolute Gasteiger partial charge is 0.387 e. The highest BCUT2D eigenvalue weighted by Crippen LogP contribution is 2.37. The highest BCUT2D eigenvalue weighted by molar-refractivity contribution is 9.10. The predicted molar refractivity (Wildman–Crippen MR) is 89.0 cm³/mol. The van der Waals surface area contributed by atoms with Gasteiger partial charge in [0, 0.05) is 13.1 Å². The molecule has 0 unspecified atom stereocenters. The quantitative estimate of drug-likeness (QED) is 0.720. The Morgan fingerprint density at radius 2 is 1.83 bits per heavy atom. The first-order chi connectivity index (χ1) is 11.4. The van der Waals surface area contributed by atoms with Crippen molar-refractivity contribution in [1.29, 1.82) is 0 Å². The molecule has 2 rings (SSSR count). The van der Waals surface area contributed by atoms with Crippen LogP contribution in [0.4, 0.5) is 13.2 Å². The maximum Gasteiger partial charge on any atom is 0.387 e. The zero-order chi connectivity index (χ0) is 17.7. The van der Waals surface area contributed by atoms with E-state index < -0.39 is 6.61 Å². The summed E-state index contributed by atoms with van der Waals surface area (Å²) in [6.07, 6.45) is 0. The first-order valence-electron chi connectivity index (χ1n) is 7.17. The Bertz CT molecular complexity index is 710. The van der Waals surface area contributed by atoms with Crippen molar-refractivity contribution < 1.29 is 22.6 Å². The summed E-state index contributed by atoms with van der Waals surface area (Å²) in [7, 11) is 1.39. The fraction of sp³-hybridized carbons (Fsp3) is 0.294. The van der Waals surface area contributed by atoms with E-state index in [1.807, 2.05) is 0 Å². The van der Waals surface area contributed by atoms with Gasteiger partial charge >= 0.3 is 6.61 Å².